The third-order valence-corrected chi connectivity index (χ3v) is 3.01. The zero-order valence-corrected chi connectivity index (χ0v) is 13.1. The second kappa shape index (κ2) is 7.90. The number of hydrogen-bond donors (Lipinski definition) is 3. The van der Waals surface area contributed by atoms with Gasteiger partial charge in [-0.2, -0.15) is 5.10 Å². The molecule has 3 N–H and O–H groups in total. The summed E-state index contributed by atoms with van der Waals surface area (Å²) in [7, 11) is 1.33. The lowest BCUT2D eigenvalue weighted by molar-refractivity contribution is 0.0601. The molecule has 0 amide bonds. The van der Waals surface area contributed by atoms with E-state index >= 15 is 0 Å². The fourth-order valence-electron chi connectivity index (χ4n) is 1.74. The molecule has 0 aliphatic rings. The molecule has 0 saturated carbocycles. The van der Waals surface area contributed by atoms with E-state index in [2.05, 4.69) is 20.6 Å². The smallest absolute Gasteiger partial charge is 0.337 e. The molecule has 0 aliphatic heterocycles. The van der Waals surface area contributed by atoms with Gasteiger partial charge in [-0.05, 0) is 54.2 Å². The third-order valence-electron chi connectivity index (χ3n) is 2.81. The van der Waals surface area contributed by atoms with Crippen LogP contribution in [0.2, 0.25) is 0 Å². The zero-order valence-electron chi connectivity index (χ0n) is 12.3. The Hall–Kier alpha value is -2.93. The Bertz CT molecular complexity index is 730. The molecule has 0 unspecified atom stereocenters. The van der Waals surface area contributed by atoms with E-state index in [-0.39, 0.29) is 5.75 Å². The minimum atomic E-state index is -0.395. The predicted molar refractivity (Wildman–Crippen MR) is 92.8 cm³/mol. The summed E-state index contributed by atoms with van der Waals surface area (Å²) in [6.07, 6.45) is 1.54. The topological polar surface area (TPSA) is 83.0 Å². The molecule has 0 atom stereocenters. The van der Waals surface area contributed by atoms with Crippen LogP contribution in [0, 0.1) is 0 Å². The van der Waals surface area contributed by atoms with Crippen molar-refractivity contribution in [3.8, 4) is 5.75 Å². The average Bonchev–Trinajstić information content (AvgIpc) is 2.55. The number of anilines is 1. The summed E-state index contributed by atoms with van der Waals surface area (Å²) in [5, 5.41) is 16.5. The Morgan fingerprint density at radius 1 is 1.26 bits per heavy atom. The Morgan fingerprint density at radius 2 is 2.00 bits per heavy atom. The normalized spacial score (nSPS) is 10.3. The molecule has 0 radical (unpaired) electrons. The van der Waals surface area contributed by atoms with E-state index in [0.717, 1.165) is 5.56 Å². The number of nitrogens with one attached hydrogen (secondary N) is 2. The van der Waals surface area contributed by atoms with Gasteiger partial charge in [0.2, 0.25) is 0 Å². The second-order valence-electron chi connectivity index (χ2n) is 4.49. The van der Waals surface area contributed by atoms with Crippen LogP contribution in [0.5, 0.6) is 5.75 Å². The number of benzene rings is 2. The lowest BCUT2D eigenvalue weighted by atomic mass is 10.2. The summed E-state index contributed by atoms with van der Waals surface area (Å²) in [6.45, 7) is 0. The van der Waals surface area contributed by atoms with Crippen LogP contribution in [0.25, 0.3) is 0 Å². The molecule has 2 aromatic rings. The lowest BCUT2D eigenvalue weighted by Gasteiger charge is -2.07. The van der Waals surface area contributed by atoms with E-state index in [1.807, 2.05) is 0 Å². The molecule has 2 aromatic carbocycles. The largest absolute Gasteiger partial charge is 0.508 e. The van der Waals surface area contributed by atoms with Gasteiger partial charge in [-0.3, -0.25) is 5.43 Å². The van der Waals surface area contributed by atoms with Crippen LogP contribution in [0.3, 0.4) is 0 Å². The number of phenolic OH excluding ortho intramolecular Hbond substituents is 1. The number of phenols is 1. The van der Waals surface area contributed by atoms with Gasteiger partial charge in [-0.1, -0.05) is 12.1 Å². The molecule has 0 aliphatic carbocycles. The second-order valence-corrected chi connectivity index (χ2v) is 4.90. The summed E-state index contributed by atoms with van der Waals surface area (Å²) in [5.74, 6) is -0.228. The number of hydrazone groups is 1. The average molecular weight is 329 g/mol. The first-order valence-corrected chi connectivity index (χ1v) is 7.07. The number of carbonyl (C=O) groups excluding carboxylic acids is 1. The van der Waals surface area contributed by atoms with Crippen molar-refractivity contribution < 1.29 is 14.6 Å². The monoisotopic (exact) mass is 329 g/mol. The SMILES string of the molecule is COC(=O)c1ccc(NC(=S)NN=Cc2cccc(O)c2)cc1. The van der Waals surface area contributed by atoms with E-state index in [0.29, 0.717) is 16.4 Å². The van der Waals surface area contributed by atoms with Crippen LogP contribution in [0.1, 0.15) is 15.9 Å². The minimum Gasteiger partial charge on any atom is -0.508 e. The Balaban J connectivity index is 1.88. The first-order valence-electron chi connectivity index (χ1n) is 6.66. The number of hydrogen-bond acceptors (Lipinski definition) is 5. The van der Waals surface area contributed by atoms with Gasteiger partial charge >= 0.3 is 5.97 Å². The van der Waals surface area contributed by atoms with Gasteiger partial charge in [0.15, 0.2) is 5.11 Å². The van der Waals surface area contributed by atoms with Gasteiger partial charge in [0.1, 0.15) is 5.75 Å². The van der Waals surface area contributed by atoms with Crippen molar-refractivity contribution >= 4 is 35.2 Å². The van der Waals surface area contributed by atoms with Crippen LogP contribution < -0.4 is 10.7 Å². The van der Waals surface area contributed by atoms with Gasteiger partial charge in [-0.15, -0.1) is 0 Å². The van der Waals surface area contributed by atoms with Crippen molar-refractivity contribution in [2.75, 3.05) is 12.4 Å². The van der Waals surface area contributed by atoms with Crippen molar-refractivity contribution in [2.45, 2.75) is 0 Å². The van der Waals surface area contributed by atoms with Crippen LogP contribution in [-0.4, -0.2) is 29.5 Å². The van der Waals surface area contributed by atoms with Crippen molar-refractivity contribution in [3.05, 3.63) is 59.7 Å². The fraction of sp³-hybridized carbons (Fsp3) is 0.0625. The first kappa shape index (κ1) is 16.4. The molecule has 6 nitrogen and oxygen atoms in total. The number of esters is 1. The molecule has 0 fully saturated rings. The van der Waals surface area contributed by atoms with Crippen LogP contribution in [-0.2, 0) is 4.74 Å². The molecule has 23 heavy (non-hydrogen) atoms. The van der Waals surface area contributed by atoms with Gasteiger partial charge in [-0.25, -0.2) is 4.79 Å². The maximum Gasteiger partial charge on any atom is 0.337 e. The van der Waals surface area contributed by atoms with Crippen LogP contribution in [0.4, 0.5) is 5.69 Å². The molecule has 7 heteroatoms. The predicted octanol–water partition coefficient (Wildman–Crippen LogP) is 2.50. The number of methoxy groups -OCH3 is 1. The first-order chi connectivity index (χ1) is 11.1. The van der Waals surface area contributed by atoms with Crippen molar-refractivity contribution in [1.82, 2.24) is 5.43 Å². The third kappa shape index (κ3) is 5.08. The lowest BCUT2D eigenvalue weighted by Crippen LogP contribution is -2.23. The molecule has 0 spiro atoms. The number of thiocarbonyl (C=S) groups is 1. The quantitative estimate of drug-likeness (QED) is 0.346. The summed E-state index contributed by atoms with van der Waals surface area (Å²) in [5.41, 5.74) is 4.57. The molecular formula is C16H15N3O3S. The highest BCUT2D eigenvalue weighted by Gasteiger charge is 2.04. The van der Waals surface area contributed by atoms with E-state index in [4.69, 9.17) is 12.2 Å². The minimum absolute atomic E-state index is 0.167. The molecule has 0 saturated heterocycles. The van der Waals surface area contributed by atoms with Crippen molar-refractivity contribution in [3.63, 3.8) is 0 Å². The maximum absolute atomic E-state index is 11.3. The Morgan fingerprint density at radius 3 is 2.65 bits per heavy atom. The number of aromatic hydroxyl groups is 1. The van der Waals surface area contributed by atoms with E-state index in [1.165, 1.54) is 13.3 Å². The van der Waals surface area contributed by atoms with Crippen molar-refractivity contribution in [2.24, 2.45) is 5.10 Å². The highest BCUT2D eigenvalue weighted by atomic mass is 32.1. The maximum atomic E-state index is 11.3. The summed E-state index contributed by atoms with van der Waals surface area (Å²) < 4.78 is 4.63. The van der Waals surface area contributed by atoms with E-state index in [9.17, 15) is 9.90 Å². The number of carbonyl (C=O) groups is 1. The summed E-state index contributed by atoms with van der Waals surface area (Å²) in [6, 6.07) is 13.4. The Kier molecular flexibility index (Phi) is 5.65. The fourth-order valence-corrected chi connectivity index (χ4v) is 1.91. The molecule has 0 heterocycles. The molecule has 118 valence electrons. The van der Waals surface area contributed by atoms with Gasteiger partial charge < -0.3 is 15.2 Å². The van der Waals surface area contributed by atoms with E-state index < -0.39 is 5.97 Å². The molecular weight excluding hydrogens is 314 g/mol. The number of nitrogens with zero attached hydrogens (tertiary/aromatic N) is 1. The highest BCUT2D eigenvalue weighted by Crippen LogP contribution is 2.10. The highest BCUT2D eigenvalue weighted by molar-refractivity contribution is 7.80. The van der Waals surface area contributed by atoms with Gasteiger partial charge in [0.25, 0.3) is 0 Å². The van der Waals surface area contributed by atoms with Gasteiger partial charge in [0, 0.05) is 5.69 Å². The molecule has 0 aromatic heterocycles. The molecule has 2 rings (SSSR count). The number of rotatable bonds is 4. The summed E-state index contributed by atoms with van der Waals surface area (Å²) in [4.78, 5) is 11.3. The van der Waals surface area contributed by atoms with Crippen molar-refractivity contribution in [1.29, 1.82) is 0 Å². The zero-order chi connectivity index (χ0) is 16.7. The van der Waals surface area contributed by atoms with Crippen LogP contribution in [0.15, 0.2) is 53.6 Å². The van der Waals surface area contributed by atoms with E-state index in [1.54, 1.807) is 48.5 Å². The molecule has 0 bridgehead atoms. The standard InChI is InChI=1S/C16H15N3O3S/c1-22-15(21)12-5-7-13(8-6-12)18-16(23)19-17-10-11-3-2-4-14(20)9-11/h2-10,20H,1H3,(H2,18,19,23). The number of ether oxygens (including phenoxy) is 1. The van der Waals surface area contributed by atoms with Gasteiger partial charge in [0.05, 0.1) is 18.9 Å². The summed E-state index contributed by atoms with van der Waals surface area (Å²) >= 11 is 5.11. The van der Waals surface area contributed by atoms with Crippen LogP contribution >= 0.6 is 12.2 Å². The Labute approximate surface area is 138 Å².